The average molecular weight is 152 g/mol. The zero-order valence-corrected chi connectivity index (χ0v) is 6.45. The van der Waals surface area contributed by atoms with Crippen LogP contribution in [0.5, 0.6) is 0 Å². The van der Waals surface area contributed by atoms with E-state index in [9.17, 15) is 0 Å². The van der Waals surface area contributed by atoms with Gasteiger partial charge in [0.25, 0.3) is 0 Å². The summed E-state index contributed by atoms with van der Waals surface area (Å²) in [5.74, 6) is 0. The number of piperidine rings is 1. The second kappa shape index (κ2) is 4.09. The summed E-state index contributed by atoms with van der Waals surface area (Å²) in [4.78, 5) is 0. The summed E-state index contributed by atoms with van der Waals surface area (Å²) in [6, 6.07) is 0.513. The van der Waals surface area contributed by atoms with Crippen molar-refractivity contribution in [3.8, 4) is 0 Å². The first-order valence-corrected chi connectivity index (χ1v) is 3.20. The lowest BCUT2D eigenvalue weighted by atomic mass is 10.0. The second-order valence-electron chi connectivity index (χ2n) is 2.53. The molecule has 9 heavy (non-hydrogen) atoms. The topological polar surface area (TPSA) is 32.3 Å². The van der Waals surface area contributed by atoms with E-state index in [1.807, 2.05) is 0 Å². The van der Waals surface area contributed by atoms with E-state index in [1.165, 1.54) is 0 Å². The third-order valence-corrected chi connectivity index (χ3v) is 1.60. The summed E-state index contributed by atoms with van der Waals surface area (Å²) in [6.07, 6.45) is 1.79. The minimum atomic E-state index is -0.0498. The predicted molar refractivity (Wildman–Crippen MR) is 40.0 cm³/mol. The van der Waals surface area contributed by atoms with Crippen LogP contribution in [0.3, 0.4) is 0 Å². The third-order valence-electron chi connectivity index (χ3n) is 1.60. The van der Waals surface area contributed by atoms with Gasteiger partial charge < -0.3 is 10.4 Å². The van der Waals surface area contributed by atoms with Crippen LogP contribution in [0.4, 0.5) is 0 Å². The van der Waals surface area contributed by atoms with E-state index in [0.29, 0.717) is 6.04 Å². The van der Waals surface area contributed by atoms with Gasteiger partial charge in [-0.25, -0.2) is 0 Å². The van der Waals surface area contributed by atoms with Gasteiger partial charge in [-0.15, -0.1) is 12.4 Å². The van der Waals surface area contributed by atoms with Gasteiger partial charge >= 0.3 is 0 Å². The van der Waals surface area contributed by atoms with Crippen LogP contribution in [-0.2, 0) is 0 Å². The number of hydrogen-bond donors (Lipinski definition) is 2. The lowest BCUT2D eigenvalue weighted by Gasteiger charge is -2.23. The van der Waals surface area contributed by atoms with Gasteiger partial charge in [0.1, 0.15) is 0 Å². The van der Waals surface area contributed by atoms with E-state index in [4.69, 9.17) is 5.11 Å². The Kier molecular flexibility index (Phi) is 4.19. The van der Waals surface area contributed by atoms with Crippen molar-refractivity contribution >= 4 is 12.4 Å². The van der Waals surface area contributed by atoms with Gasteiger partial charge in [0, 0.05) is 6.04 Å². The van der Waals surface area contributed by atoms with Gasteiger partial charge in [0.05, 0.1) is 6.10 Å². The Bertz CT molecular complexity index is 71.5. The number of aliphatic hydroxyl groups excluding tert-OH is 1. The van der Waals surface area contributed by atoms with Gasteiger partial charge in [-0.05, 0) is 26.3 Å². The van der Waals surface area contributed by atoms with Crippen LogP contribution in [0, 0.1) is 0 Å². The molecule has 0 bridgehead atoms. The van der Waals surface area contributed by atoms with Gasteiger partial charge in [0.2, 0.25) is 0 Å². The standard InChI is InChI=1S/C6H13NO.ClH/c1-5-4-6(8)2-3-7-5;/h5-8H,2-4H2,1H3;1H/t5-,6+;/m1./s1. The number of nitrogens with one attached hydrogen (secondary N) is 1. The first-order valence-electron chi connectivity index (χ1n) is 3.20. The molecule has 2 N–H and O–H groups in total. The maximum absolute atomic E-state index is 9.04. The monoisotopic (exact) mass is 151 g/mol. The molecule has 1 rings (SSSR count). The molecule has 0 saturated carbocycles. The molecule has 0 aromatic rings. The predicted octanol–water partition coefficient (Wildman–Crippen LogP) is 0.541. The van der Waals surface area contributed by atoms with Crippen LogP contribution < -0.4 is 5.32 Å². The molecule has 0 spiro atoms. The normalized spacial score (nSPS) is 35.3. The highest BCUT2D eigenvalue weighted by Gasteiger charge is 2.14. The van der Waals surface area contributed by atoms with Gasteiger partial charge in [-0.1, -0.05) is 0 Å². The van der Waals surface area contributed by atoms with E-state index in [-0.39, 0.29) is 18.5 Å². The lowest BCUT2D eigenvalue weighted by Crippen LogP contribution is -2.37. The molecule has 0 radical (unpaired) electrons. The van der Waals surface area contributed by atoms with Crippen molar-refractivity contribution in [1.82, 2.24) is 5.32 Å². The van der Waals surface area contributed by atoms with Crippen LogP contribution in [-0.4, -0.2) is 23.8 Å². The fourth-order valence-corrected chi connectivity index (χ4v) is 1.11. The lowest BCUT2D eigenvalue weighted by molar-refractivity contribution is 0.120. The maximum Gasteiger partial charge on any atom is 0.0567 e. The molecule has 0 unspecified atom stereocenters. The molecule has 1 aliphatic rings. The largest absolute Gasteiger partial charge is 0.393 e. The maximum atomic E-state index is 9.04. The zero-order valence-electron chi connectivity index (χ0n) is 5.63. The van der Waals surface area contributed by atoms with Crippen LogP contribution >= 0.6 is 12.4 Å². The molecule has 0 aromatic heterocycles. The molecule has 2 nitrogen and oxygen atoms in total. The number of rotatable bonds is 0. The Hall–Kier alpha value is 0.210. The van der Waals surface area contributed by atoms with Crippen LogP contribution in [0.15, 0.2) is 0 Å². The zero-order chi connectivity index (χ0) is 5.98. The van der Waals surface area contributed by atoms with Crippen LogP contribution in [0.1, 0.15) is 19.8 Å². The van der Waals surface area contributed by atoms with E-state index < -0.39 is 0 Å². The summed E-state index contributed by atoms with van der Waals surface area (Å²) in [5.41, 5.74) is 0. The average Bonchev–Trinajstić information content (AvgIpc) is 1.64. The van der Waals surface area contributed by atoms with Gasteiger partial charge in [-0.3, -0.25) is 0 Å². The van der Waals surface area contributed by atoms with Crippen molar-refractivity contribution in [3.05, 3.63) is 0 Å². The van der Waals surface area contributed by atoms with Crippen molar-refractivity contribution in [2.75, 3.05) is 6.54 Å². The summed E-state index contributed by atoms with van der Waals surface area (Å²) in [7, 11) is 0. The van der Waals surface area contributed by atoms with Crippen molar-refractivity contribution < 1.29 is 5.11 Å². The highest BCUT2D eigenvalue weighted by molar-refractivity contribution is 5.85. The fraction of sp³-hybridized carbons (Fsp3) is 1.00. The highest BCUT2D eigenvalue weighted by Crippen LogP contribution is 2.06. The molecule has 0 amide bonds. The number of hydrogen-bond acceptors (Lipinski definition) is 2. The van der Waals surface area contributed by atoms with Crippen LogP contribution in [0.2, 0.25) is 0 Å². The Balaban J connectivity index is 0.000000640. The summed E-state index contributed by atoms with van der Waals surface area (Å²) < 4.78 is 0. The highest BCUT2D eigenvalue weighted by atomic mass is 35.5. The molecule has 3 heteroatoms. The molecule has 1 heterocycles. The van der Waals surface area contributed by atoms with Gasteiger partial charge in [0.15, 0.2) is 0 Å². The minimum Gasteiger partial charge on any atom is -0.393 e. The minimum absolute atomic E-state index is 0. The Labute approximate surface area is 62.1 Å². The molecule has 0 aliphatic carbocycles. The first kappa shape index (κ1) is 9.21. The van der Waals surface area contributed by atoms with Crippen molar-refractivity contribution in [2.24, 2.45) is 0 Å². The van der Waals surface area contributed by atoms with E-state index in [1.54, 1.807) is 0 Å². The summed E-state index contributed by atoms with van der Waals surface area (Å²) in [5, 5.41) is 12.3. The first-order chi connectivity index (χ1) is 3.79. The van der Waals surface area contributed by atoms with E-state index in [2.05, 4.69) is 12.2 Å². The molecule has 2 atom stereocenters. The molecule has 56 valence electrons. The van der Waals surface area contributed by atoms with Crippen molar-refractivity contribution in [3.63, 3.8) is 0 Å². The quantitative estimate of drug-likeness (QED) is 0.530. The summed E-state index contributed by atoms with van der Waals surface area (Å²) in [6.45, 7) is 3.07. The fourth-order valence-electron chi connectivity index (χ4n) is 1.11. The second-order valence-corrected chi connectivity index (χ2v) is 2.53. The SMILES string of the molecule is C[C@@H]1C[C@@H](O)CCN1.Cl. The van der Waals surface area contributed by atoms with E-state index in [0.717, 1.165) is 19.4 Å². The van der Waals surface area contributed by atoms with Crippen LogP contribution in [0.25, 0.3) is 0 Å². The Morgan fingerprint density at radius 2 is 2.22 bits per heavy atom. The molecule has 0 aromatic carbocycles. The Morgan fingerprint density at radius 3 is 2.56 bits per heavy atom. The molecule has 1 saturated heterocycles. The van der Waals surface area contributed by atoms with Crippen molar-refractivity contribution in [2.45, 2.75) is 31.9 Å². The molecule has 1 aliphatic heterocycles. The smallest absolute Gasteiger partial charge is 0.0567 e. The van der Waals surface area contributed by atoms with Crippen molar-refractivity contribution in [1.29, 1.82) is 0 Å². The molecule has 1 fully saturated rings. The third kappa shape index (κ3) is 3.04. The molecular formula is C6H14ClNO. The summed E-state index contributed by atoms with van der Waals surface area (Å²) >= 11 is 0. The molecular weight excluding hydrogens is 138 g/mol. The number of aliphatic hydroxyl groups is 1. The number of halogens is 1. The Morgan fingerprint density at radius 1 is 1.56 bits per heavy atom. The van der Waals surface area contributed by atoms with E-state index >= 15 is 0 Å². The van der Waals surface area contributed by atoms with Gasteiger partial charge in [-0.2, -0.15) is 0 Å².